The molecule has 2 aromatic heterocycles. The summed E-state index contributed by atoms with van der Waals surface area (Å²) in [6.07, 6.45) is 9.14. The van der Waals surface area contributed by atoms with Crippen LogP contribution in [0.3, 0.4) is 0 Å². The number of phenolic OH excluding ortho intramolecular Hbond substituents is 1. The Hall–Kier alpha value is -3.95. The van der Waals surface area contributed by atoms with E-state index < -0.39 is 5.97 Å². The predicted octanol–water partition coefficient (Wildman–Crippen LogP) is 3.44. The van der Waals surface area contributed by atoms with Gasteiger partial charge < -0.3 is 25.7 Å². The van der Waals surface area contributed by atoms with Gasteiger partial charge in [0.1, 0.15) is 5.75 Å². The molecular formula is C27H31N7O3. The van der Waals surface area contributed by atoms with E-state index in [0.717, 1.165) is 56.0 Å². The third-order valence-electron chi connectivity index (χ3n) is 8.24. The zero-order valence-electron chi connectivity index (χ0n) is 20.6. The minimum absolute atomic E-state index is 0.160. The summed E-state index contributed by atoms with van der Waals surface area (Å²) in [5, 5.41) is 27.9. The van der Waals surface area contributed by atoms with E-state index in [1.807, 2.05) is 30.6 Å². The van der Waals surface area contributed by atoms with Gasteiger partial charge in [-0.15, -0.1) is 10.2 Å². The van der Waals surface area contributed by atoms with Crippen molar-refractivity contribution in [1.82, 2.24) is 20.2 Å². The van der Waals surface area contributed by atoms with Gasteiger partial charge in [-0.05, 0) is 68.2 Å². The van der Waals surface area contributed by atoms with E-state index >= 15 is 0 Å². The van der Waals surface area contributed by atoms with Crippen LogP contribution in [-0.2, 0) is 4.79 Å². The van der Waals surface area contributed by atoms with Crippen molar-refractivity contribution in [2.75, 3.05) is 28.6 Å². The normalized spacial score (nSPS) is 25.3. The highest BCUT2D eigenvalue weighted by Crippen LogP contribution is 2.39. The molecule has 192 valence electrons. The quantitative estimate of drug-likeness (QED) is 0.476. The fourth-order valence-electron chi connectivity index (χ4n) is 6.24. The van der Waals surface area contributed by atoms with Gasteiger partial charge in [-0.3, -0.25) is 4.79 Å². The summed E-state index contributed by atoms with van der Waals surface area (Å²) in [5.41, 5.74) is 9.41. The van der Waals surface area contributed by atoms with Crippen molar-refractivity contribution in [3.05, 3.63) is 48.3 Å². The van der Waals surface area contributed by atoms with Gasteiger partial charge in [0.05, 0.1) is 17.3 Å². The van der Waals surface area contributed by atoms with E-state index in [-0.39, 0.29) is 23.8 Å². The van der Waals surface area contributed by atoms with Gasteiger partial charge in [-0.2, -0.15) is 0 Å². The number of carboxylic acids is 1. The molecule has 2 saturated heterocycles. The molecule has 10 nitrogen and oxygen atoms in total. The Morgan fingerprint density at radius 1 is 0.946 bits per heavy atom. The summed E-state index contributed by atoms with van der Waals surface area (Å²) in [5.74, 6) is 0.725. The maximum atomic E-state index is 11.3. The molecule has 1 saturated carbocycles. The number of para-hydroxylation sites is 1. The Balaban J connectivity index is 1.17. The summed E-state index contributed by atoms with van der Waals surface area (Å²) >= 11 is 0. The van der Waals surface area contributed by atoms with Crippen LogP contribution < -0.4 is 15.5 Å². The molecule has 1 aliphatic carbocycles. The van der Waals surface area contributed by atoms with Crippen LogP contribution in [0.25, 0.3) is 11.3 Å². The number of aromatic hydroxyl groups is 1. The molecule has 10 heteroatoms. The highest BCUT2D eigenvalue weighted by atomic mass is 16.4. The zero-order chi connectivity index (χ0) is 25.5. The van der Waals surface area contributed by atoms with Crippen molar-refractivity contribution in [1.29, 1.82) is 0 Å². The van der Waals surface area contributed by atoms with E-state index in [2.05, 4.69) is 20.0 Å². The molecule has 2 aliphatic heterocycles. The molecule has 2 atom stereocenters. The van der Waals surface area contributed by atoms with E-state index in [4.69, 9.17) is 15.7 Å². The summed E-state index contributed by atoms with van der Waals surface area (Å²) in [7, 11) is 0. The maximum absolute atomic E-state index is 11.3. The molecule has 6 rings (SSSR count). The first-order valence-electron chi connectivity index (χ1n) is 13.0. The number of benzene rings is 1. The maximum Gasteiger partial charge on any atom is 0.306 e. The predicted molar refractivity (Wildman–Crippen MR) is 139 cm³/mol. The third kappa shape index (κ3) is 4.41. The summed E-state index contributed by atoms with van der Waals surface area (Å²) in [6, 6.07) is 9.53. The number of anilines is 3. The lowest BCUT2D eigenvalue weighted by molar-refractivity contribution is -0.142. The second-order valence-electron chi connectivity index (χ2n) is 10.4. The largest absolute Gasteiger partial charge is 0.507 e. The van der Waals surface area contributed by atoms with E-state index in [0.29, 0.717) is 35.8 Å². The lowest BCUT2D eigenvalue weighted by Gasteiger charge is -2.42. The van der Waals surface area contributed by atoms with Gasteiger partial charge in [0.15, 0.2) is 5.82 Å². The molecule has 37 heavy (non-hydrogen) atoms. The van der Waals surface area contributed by atoms with Crippen LogP contribution in [-0.4, -0.2) is 61.5 Å². The number of aromatic nitrogens is 4. The lowest BCUT2D eigenvalue weighted by Crippen LogP contribution is -2.54. The summed E-state index contributed by atoms with van der Waals surface area (Å²) in [6.45, 7) is 1.55. The molecular weight excluding hydrogens is 470 g/mol. The summed E-state index contributed by atoms with van der Waals surface area (Å²) in [4.78, 5) is 25.4. The first-order valence-corrected chi connectivity index (χ1v) is 13.0. The monoisotopic (exact) mass is 501 g/mol. The average Bonchev–Trinajstić information content (AvgIpc) is 3.18. The molecule has 3 aliphatic rings. The number of carbonyl (C=O) groups is 1. The van der Waals surface area contributed by atoms with Gasteiger partial charge >= 0.3 is 5.97 Å². The van der Waals surface area contributed by atoms with Crippen LogP contribution in [0.5, 0.6) is 5.75 Å². The molecule has 4 N–H and O–H groups in total. The van der Waals surface area contributed by atoms with Crippen LogP contribution in [0.4, 0.5) is 17.5 Å². The minimum Gasteiger partial charge on any atom is -0.507 e. The second-order valence-corrected chi connectivity index (χ2v) is 10.4. The number of piperazine rings is 1. The number of carboxylic acid groups (broad SMARTS) is 1. The molecule has 1 aromatic carbocycles. The molecule has 3 fully saturated rings. The van der Waals surface area contributed by atoms with Crippen LogP contribution in [0.15, 0.2) is 42.7 Å². The number of aliphatic carboxylic acids is 1. The highest BCUT2D eigenvalue weighted by molar-refractivity contribution is 5.74. The van der Waals surface area contributed by atoms with Crippen molar-refractivity contribution in [3.63, 3.8) is 0 Å². The highest BCUT2D eigenvalue weighted by Gasteiger charge is 2.42. The first-order chi connectivity index (χ1) is 18.0. The van der Waals surface area contributed by atoms with Crippen LogP contribution >= 0.6 is 0 Å². The smallest absolute Gasteiger partial charge is 0.306 e. The summed E-state index contributed by atoms with van der Waals surface area (Å²) < 4.78 is 0. The van der Waals surface area contributed by atoms with E-state index in [1.165, 1.54) is 0 Å². The fourth-order valence-corrected chi connectivity index (χ4v) is 6.24. The molecule has 0 radical (unpaired) electrons. The average molecular weight is 502 g/mol. The number of hydrogen-bond acceptors (Lipinski definition) is 9. The molecule has 2 bridgehead atoms. The third-order valence-corrected chi connectivity index (χ3v) is 8.24. The number of nitrogens with zero attached hydrogens (tertiary/aromatic N) is 6. The zero-order valence-corrected chi connectivity index (χ0v) is 20.6. The number of fused-ring (bicyclic) bond motifs is 2. The van der Waals surface area contributed by atoms with Crippen molar-refractivity contribution in [3.8, 4) is 17.0 Å². The Labute approximate surface area is 215 Å². The molecule has 0 unspecified atom stereocenters. The Kier molecular flexibility index (Phi) is 6.02. The van der Waals surface area contributed by atoms with Crippen molar-refractivity contribution in [2.24, 2.45) is 5.92 Å². The van der Waals surface area contributed by atoms with Gasteiger partial charge in [-0.25, -0.2) is 9.97 Å². The van der Waals surface area contributed by atoms with Gasteiger partial charge in [-0.1, -0.05) is 12.1 Å². The molecule has 4 heterocycles. The Bertz CT molecular complexity index is 1280. The van der Waals surface area contributed by atoms with Gasteiger partial charge in [0.2, 0.25) is 5.95 Å². The van der Waals surface area contributed by atoms with Crippen molar-refractivity contribution >= 4 is 23.4 Å². The Morgan fingerprint density at radius 2 is 1.62 bits per heavy atom. The van der Waals surface area contributed by atoms with Gasteiger partial charge in [0, 0.05) is 43.1 Å². The van der Waals surface area contributed by atoms with Gasteiger partial charge in [0.25, 0.3) is 0 Å². The second kappa shape index (κ2) is 9.49. The molecule has 3 aromatic rings. The number of phenols is 1. The van der Waals surface area contributed by atoms with Crippen molar-refractivity contribution < 1.29 is 15.0 Å². The van der Waals surface area contributed by atoms with E-state index in [1.54, 1.807) is 12.1 Å². The standard InChI is InChI=1S/C27H31N7O3/c28-25-23(11-22(31-32-25)21-3-1-2-4-24(21)35)33-14-19-9-10-20(15-33)34(19)27-29-12-18(13-30-27)16-5-7-17(8-6-16)26(36)37/h1-4,11-13,16-17,19-20,35H,5-10,14-15H2,(H2,28,32)(H,36,37)/t16?,17?,19-,20-/m1/s1. The minimum atomic E-state index is -0.682. The molecule has 0 amide bonds. The topological polar surface area (TPSA) is 142 Å². The number of hydrogen-bond donors (Lipinski definition) is 3. The van der Waals surface area contributed by atoms with Crippen LogP contribution in [0.2, 0.25) is 0 Å². The fraction of sp³-hybridized carbons (Fsp3) is 0.444. The van der Waals surface area contributed by atoms with E-state index in [9.17, 15) is 15.0 Å². The van der Waals surface area contributed by atoms with Crippen LogP contribution in [0.1, 0.15) is 50.0 Å². The molecule has 0 spiro atoms. The number of rotatable bonds is 5. The lowest BCUT2D eigenvalue weighted by atomic mass is 9.79. The number of nitrogen functional groups attached to an aromatic ring is 1. The first kappa shape index (κ1) is 23.4. The Morgan fingerprint density at radius 3 is 2.27 bits per heavy atom. The number of nitrogens with two attached hydrogens (primary N) is 1. The van der Waals surface area contributed by atoms with Crippen molar-refractivity contribution in [2.45, 2.75) is 56.5 Å². The van der Waals surface area contributed by atoms with Crippen LogP contribution in [0, 0.1) is 5.92 Å². The SMILES string of the molecule is Nc1nnc(-c2ccccc2O)cc1N1C[C@H]2CC[C@H](C1)N2c1ncc(C2CCC(C(=O)O)CC2)cn1.